The first-order valence-corrected chi connectivity index (χ1v) is 11.7. The van der Waals surface area contributed by atoms with Crippen molar-refractivity contribution in [1.29, 1.82) is 0 Å². The number of carboxylic acids is 1. The zero-order valence-electron chi connectivity index (χ0n) is 19.2. The Morgan fingerprint density at radius 3 is 2.24 bits per heavy atom. The summed E-state index contributed by atoms with van der Waals surface area (Å²) in [5, 5.41) is 14.6. The van der Waals surface area contributed by atoms with Crippen LogP contribution in [0.5, 0.6) is 0 Å². The second-order valence-corrected chi connectivity index (χ2v) is 8.37. The summed E-state index contributed by atoms with van der Waals surface area (Å²) < 4.78 is 37.2. The Morgan fingerprint density at radius 1 is 1.09 bits per heavy atom. The fraction of sp³-hybridized carbons (Fsp3) is 0.625. The normalized spacial score (nSPS) is 15.8. The third-order valence-electron chi connectivity index (χ3n) is 5.62. The molecule has 2 heterocycles. The predicted octanol–water partition coefficient (Wildman–Crippen LogP) is 6.13. The Hall–Kier alpha value is -2.42. The first-order chi connectivity index (χ1) is 15.8. The van der Waals surface area contributed by atoms with E-state index in [4.69, 9.17) is 14.4 Å². The number of alkyl halides is 3. The molecule has 2 N–H and O–H groups in total. The lowest BCUT2D eigenvalue weighted by Crippen LogP contribution is -2.21. The van der Waals surface area contributed by atoms with E-state index in [-0.39, 0.29) is 0 Å². The molecule has 9 heteroatoms. The van der Waals surface area contributed by atoms with E-state index in [9.17, 15) is 13.2 Å². The Labute approximate surface area is 193 Å². The first kappa shape index (κ1) is 26.8. The van der Waals surface area contributed by atoms with Gasteiger partial charge in [-0.25, -0.2) is 4.79 Å². The van der Waals surface area contributed by atoms with E-state index in [1.807, 2.05) is 0 Å². The molecular weight excluding hydrogens is 435 g/mol. The number of aromatic nitrogens is 2. The average molecular weight is 470 g/mol. The molecule has 3 rings (SSSR count). The molecule has 6 nitrogen and oxygen atoms in total. The molecule has 0 saturated carbocycles. The maximum Gasteiger partial charge on any atom is 0.490 e. The van der Waals surface area contributed by atoms with Crippen LogP contribution in [-0.2, 0) is 11.2 Å². The lowest BCUT2D eigenvalue weighted by molar-refractivity contribution is -0.192. The number of hydrogen-bond donors (Lipinski definition) is 2. The number of hydrogen-bond acceptors (Lipinski definition) is 5. The Bertz CT molecular complexity index is 816. The molecule has 1 aromatic heterocycles. The zero-order valence-corrected chi connectivity index (χ0v) is 19.2. The van der Waals surface area contributed by atoms with Crippen molar-refractivity contribution in [2.45, 2.75) is 83.2 Å². The largest absolute Gasteiger partial charge is 0.490 e. The number of aliphatic carboxylic acids is 1. The number of nitrogens with one attached hydrogen (secondary N) is 1. The number of unbranched alkanes of at least 4 members (excludes halogenated alkanes) is 7. The molecule has 0 unspecified atom stereocenters. The number of rotatable bonds is 11. The van der Waals surface area contributed by atoms with Crippen molar-refractivity contribution >= 4 is 5.97 Å². The van der Waals surface area contributed by atoms with Gasteiger partial charge in [0.25, 0.3) is 0 Å². The van der Waals surface area contributed by atoms with Crippen molar-refractivity contribution in [3.8, 4) is 11.4 Å². The predicted molar refractivity (Wildman–Crippen MR) is 120 cm³/mol. The highest BCUT2D eigenvalue weighted by Crippen LogP contribution is 2.24. The molecule has 0 amide bonds. The molecule has 1 fully saturated rings. The zero-order chi connectivity index (χ0) is 24.1. The molecule has 0 spiro atoms. The molecule has 1 saturated heterocycles. The van der Waals surface area contributed by atoms with Crippen LogP contribution in [-0.4, -0.2) is 40.5 Å². The summed E-state index contributed by atoms with van der Waals surface area (Å²) in [5.41, 5.74) is 2.45. The van der Waals surface area contributed by atoms with Crippen LogP contribution < -0.4 is 5.32 Å². The highest BCUT2D eigenvalue weighted by Gasteiger charge is 2.38. The van der Waals surface area contributed by atoms with E-state index in [0.717, 1.165) is 31.0 Å². The van der Waals surface area contributed by atoms with Gasteiger partial charge in [0.2, 0.25) is 11.7 Å². The van der Waals surface area contributed by atoms with Crippen LogP contribution in [0.25, 0.3) is 11.4 Å². The van der Waals surface area contributed by atoms with E-state index in [2.05, 4.69) is 46.6 Å². The summed E-state index contributed by atoms with van der Waals surface area (Å²) in [6.07, 6.45) is 8.12. The van der Waals surface area contributed by atoms with Crippen LogP contribution >= 0.6 is 0 Å². The molecular formula is C24H34F3N3O3. The molecule has 1 aromatic carbocycles. The molecule has 1 aliphatic rings. The lowest BCUT2D eigenvalue weighted by Gasteiger charge is -2.03. The summed E-state index contributed by atoms with van der Waals surface area (Å²) in [6, 6.07) is 8.68. The molecule has 0 radical (unpaired) electrons. The van der Waals surface area contributed by atoms with Gasteiger partial charge >= 0.3 is 12.1 Å². The van der Waals surface area contributed by atoms with E-state index in [1.165, 1.54) is 63.4 Å². The number of benzene rings is 1. The van der Waals surface area contributed by atoms with Crippen LogP contribution in [0.15, 0.2) is 28.8 Å². The van der Waals surface area contributed by atoms with Gasteiger partial charge in [-0.1, -0.05) is 81.3 Å². The van der Waals surface area contributed by atoms with Crippen molar-refractivity contribution in [1.82, 2.24) is 15.5 Å². The molecule has 0 bridgehead atoms. The molecule has 1 atom stereocenters. The summed E-state index contributed by atoms with van der Waals surface area (Å²) in [6.45, 7) is 4.25. The van der Waals surface area contributed by atoms with Gasteiger partial charge in [-0.05, 0) is 31.4 Å². The smallest absolute Gasteiger partial charge is 0.475 e. The fourth-order valence-corrected chi connectivity index (χ4v) is 3.67. The first-order valence-electron chi connectivity index (χ1n) is 11.7. The van der Waals surface area contributed by atoms with Crippen LogP contribution in [0.1, 0.15) is 82.1 Å². The number of carboxylic acid groups (broad SMARTS) is 1. The second kappa shape index (κ2) is 14.0. The number of nitrogens with zero attached hydrogens (tertiary/aromatic N) is 2. The minimum Gasteiger partial charge on any atom is -0.475 e. The minimum atomic E-state index is -5.08. The van der Waals surface area contributed by atoms with Crippen molar-refractivity contribution < 1.29 is 27.6 Å². The second-order valence-electron chi connectivity index (χ2n) is 8.37. The van der Waals surface area contributed by atoms with E-state index < -0.39 is 12.1 Å². The van der Waals surface area contributed by atoms with Crippen LogP contribution in [0.2, 0.25) is 0 Å². The quantitative estimate of drug-likeness (QED) is 0.385. The molecule has 2 aromatic rings. The van der Waals surface area contributed by atoms with Gasteiger partial charge in [-0.15, -0.1) is 0 Å². The third-order valence-corrected chi connectivity index (χ3v) is 5.62. The topological polar surface area (TPSA) is 88.3 Å². The average Bonchev–Trinajstić information content (AvgIpc) is 3.48. The van der Waals surface area contributed by atoms with Crippen molar-refractivity contribution in [3.63, 3.8) is 0 Å². The SMILES string of the molecule is CCCCCCCCCCc1ccc(-c2noc([C@@H]3CCNC3)n2)cc1.O=C(O)C(F)(F)F. The van der Waals surface area contributed by atoms with Gasteiger partial charge in [-0.2, -0.15) is 18.2 Å². The number of aryl methyl sites for hydroxylation is 1. The fourth-order valence-electron chi connectivity index (χ4n) is 3.67. The van der Waals surface area contributed by atoms with Crippen LogP contribution in [0.4, 0.5) is 13.2 Å². The molecule has 184 valence electrons. The number of carbonyl (C=O) groups is 1. The van der Waals surface area contributed by atoms with Crippen LogP contribution in [0, 0.1) is 0 Å². The highest BCUT2D eigenvalue weighted by molar-refractivity contribution is 5.73. The summed E-state index contributed by atoms with van der Waals surface area (Å²) >= 11 is 0. The highest BCUT2D eigenvalue weighted by atomic mass is 19.4. The van der Waals surface area contributed by atoms with Gasteiger partial charge in [0.15, 0.2) is 0 Å². The van der Waals surface area contributed by atoms with E-state index in [1.54, 1.807) is 0 Å². The molecule has 1 aliphatic heterocycles. The Morgan fingerprint density at radius 2 is 1.70 bits per heavy atom. The van der Waals surface area contributed by atoms with E-state index in [0.29, 0.717) is 11.7 Å². The minimum absolute atomic E-state index is 0.373. The van der Waals surface area contributed by atoms with Gasteiger partial charge in [0, 0.05) is 12.1 Å². The maximum atomic E-state index is 10.6. The standard InChI is InChI=1S/C22H33N3O.C2HF3O2/c1-2-3-4-5-6-7-8-9-10-18-11-13-19(14-12-18)21-24-22(26-25-21)20-15-16-23-17-20;3-2(4,5)1(6)7/h11-14,20,23H,2-10,15-17H2,1H3;(H,6,7)/t20-;/m1./s1. The monoisotopic (exact) mass is 469 g/mol. The van der Waals surface area contributed by atoms with Crippen molar-refractivity contribution in [3.05, 3.63) is 35.7 Å². The molecule has 33 heavy (non-hydrogen) atoms. The third kappa shape index (κ3) is 9.94. The Kier molecular flexibility index (Phi) is 11.4. The van der Waals surface area contributed by atoms with Crippen molar-refractivity contribution in [2.24, 2.45) is 0 Å². The van der Waals surface area contributed by atoms with Gasteiger partial charge < -0.3 is 14.9 Å². The number of halogens is 3. The lowest BCUT2D eigenvalue weighted by atomic mass is 10.0. The van der Waals surface area contributed by atoms with Gasteiger partial charge in [0.1, 0.15) is 0 Å². The van der Waals surface area contributed by atoms with Crippen LogP contribution in [0.3, 0.4) is 0 Å². The summed E-state index contributed by atoms with van der Waals surface area (Å²) in [7, 11) is 0. The maximum absolute atomic E-state index is 10.6. The molecule has 0 aliphatic carbocycles. The summed E-state index contributed by atoms with van der Waals surface area (Å²) in [4.78, 5) is 13.5. The van der Waals surface area contributed by atoms with Gasteiger partial charge in [0.05, 0.1) is 5.92 Å². The summed E-state index contributed by atoms with van der Waals surface area (Å²) in [5.74, 6) is -0.900. The Balaban J connectivity index is 0.000000479. The van der Waals surface area contributed by atoms with E-state index >= 15 is 0 Å². The van der Waals surface area contributed by atoms with Gasteiger partial charge in [-0.3, -0.25) is 0 Å². The van der Waals surface area contributed by atoms with Crippen molar-refractivity contribution in [2.75, 3.05) is 13.1 Å².